The molecular weight excluding hydrogens is 272 g/mol. The third-order valence-corrected chi connectivity index (χ3v) is 5.18. The number of hydrogen-bond acceptors (Lipinski definition) is 4. The number of likely N-dealkylation sites (tertiary alicyclic amines) is 1. The average Bonchev–Trinajstić information content (AvgIpc) is 3.07. The van der Waals surface area contributed by atoms with Crippen molar-refractivity contribution in [2.45, 2.75) is 39.2 Å². The van der Waals surface area contributed by atoms with E-state index in [2.05, 4.69) is 17.1 Å². The molecule has 1 aromatic heterocycles. The Morgan fingerprint density at radius 2 is 2.20 bits per heavy atom. The van der Waals surface area contributed by atoms with E-state index < -0.39 is 0 Å². The van der Waals surface area contributed by atoms with Crippen LogP contribution in [0.3, 0.4) is 0 Å². The van der Waals surface area contributed by atoms with Crippen molar-refractivity contribution in [1.29, 1.82) is 0 Å². The largest absolute Gasteiger partial charge is 0.394 e. The predicted octanol–water partition coefficient (Wildman–Crippen LogP) is 1.81. The maximum Gasteiger partial charge on any atom is 0.261 e. The molecule has 112 valence electrons. The molecule has 1 amide bonds. The minimum Gasteiger partial charge on any atom is -0.394 e. The average molecular weight is 296 g/mol. The van der Waals surface area contributed by atoms with E-state index >= 15 is 0 Å². The van der Waals surface area contributed by atoms with Crippen LogP contribution in [0.1, 0.15) is 39.9 Å². The number of rotatable bonds is 6. The van der Waals surface area contributed by atoms with Gasteiger partial charge in [-0.1, -0.05) is 6.92 Å². The van der Waals surface area contributed by atoms with Gasteiger partial charge in [-0.2, -0.15) is 0 Å². The summed E-state index contributed by atoms with van der Waals surface area (Å²) in [6, 6.07) is 1.77. The number of nitrogens with zero attached hydrogens (tertiary/aromatic N) is 1. The fourth-order valence-electron chi connectivity index (χ4n) is 2.67. The number of carbonyl (C=O) groups excluding carboxylic acids is 1. The van der Waals surface area contributed by atoms with Gasteiger partial charge in [0.1, 0.15) is 0 Å². The Morgan fingerprint density at radius 1 is 1.50 bits per heavy atom. The van der Waals surface area contributed by atoms with Crippen molar-refractivity contribution < 1.29 is 9.90 Å². The topological polar surface area (TPSA) is 52.6 Å². The Labute approximate surface area is 124 Å². The van der Waals surface area contributed by atoms with Crippen LogP contribution >= 0.6 is 11.3 Å². The summed E-state index contributed by atoms with van der Waals surface area (Å²) in [7, 11) is 0. The zero-order valence-electron chi connectivity index (χ0n) is 12.3. The van der Waals surface area contributed by atoms with Gasteiger partial charge in [-0.15, -0.1) is 11.3 Å². The van der Waals surface area contributed by atoms with Crippen LogP contribution in [0.15, 0.2) is 6.07 Å². The summed E-state index contributed by atoms with van der Waals surface area (Å²) in [5.74, 6) is -0.0592. The van der Waals surface area contributed by atoms with Crippen LogP contribution in [0.4, 0.5) is 0 Å². The lowest BCUT2D eigenvalue weighted by molar-refractivity contribution is 0.0904. The Kier molecular flexibility index (Phi) is 5.57. The van der Waals surface area contributed by atoms with Crippen LogP contribution in [0, 0.1) is 6.92 Å². The summed E-state index contributed by atoms with van der Waals surface area (Å²) in [4.78, 5) is 16.6. The number of nitrogens with one attached hydrogen (secondary N) is 1. The van der Waals surface area contributed by atoms with Gasteiger partial charge in [0.2, 0.25) is 0 Å². The number of carbonyl (C=O) groups is 1. The molecule has 5 heteroatoms. The van der Waals surface area contributed by atoms with Crippen LogP contribution in [-0.4, -0.2) is 48.2 Å². The highest BCUT2D eigenvalue weighted by molar-refractivity contribution is 7.14. The summed E-state index contributed by atoms with van der Waals surface area (Å²) in [6.07, 6.45) is 3.40. The van der Waals surface area contributed by atoms with Crippen LogP contribution in [0.5, 0.6) is 0 Å². The smallest absolute Gasteiger partial charge is 0.261 e. The first-order valence-corrected chi connectivity index (χ1v) is 8.19. The Morgan fingerprint density at radius 3 is 2.75 bits per heavy atom. The van der Waals surface area contributed by atoms with Crippen molar-refractivity contribution in [2.24, 2.45) is 0 Å². The molecule has 0 aromatic carbocycles. The number of amides is 1. The molecule has 1 unspecified atom stereocenters. The van der Waals surface area contributed by atoms with Gasteiger partial charge in [-0.3, -0.25) is 4.79 Å². The van der Waals surface area contributed by atoms with Crippen molar-refractivity contribution in [3.63, 3.8) is 0 Å². The molecular formula is C15H24N2O2S. The number of thiophene rings is 1. The molecule has 1 aromatic rings. The van der Waals surface area contributed by atoms with E-state index in [-0.39, 0.29) is 18.6 Å². The van der Waals surface area contributed by atoms with Crippen LogP contribution in [0.2, 0.25) is 0 Å². The Hall–Kier alpha value is -0.910. The van der Waals surface area contributed by atoms with E-state index in [9.17, 15) is 9.90 Å². The lowest BCUT2D eigenvalue weighted by Gasteiger charge is -2.22. The Balaban J connectivity index is 1.93. The molecule has 2 N–H and O–H groups in total. The van der Waals surface area contributed by atoms with E-state index in [0.717, 1.165) is 30.9 Å². The second kappa shape index (κ2) is 7.20. The molecule has 0 saturated carbocycles. The van der Waals surface area contributed by atoms with Gasteiger partial charge in [-0.25, -0.2) is 0 Å². The minimum atomic E-state index is -0.173. The number of hydrogen-bond donors (Lipinski definition) is 2. The molecule has 0 spiro atoms. The van der Waals surface area contributed by atoms with E-state index in [1.165, 1.54) is 23.3 Å². The molecule has 20 heavy (non-hydrogen) atoms. The summed E-state index contributed by atoms with van der Waals surface area (Å²) in [5.41, 5.74) is 1.18. The van der Waals surface area contributed by atoms with Gasteiger partial charge >= 0.3 is 0 Å². The highest BCUT2D eigenvalue weighted by Gasteiger charge is 2.20. The molecule has 1 atom stereocenters. The lowest BCUT2D eigenvalue weighted by Crippen LogP contribution is -2.45. The summed E-state index contributed by atoms with van der Waals surface area (Å²) < 4.78 is 0. The molecule has 1 fully saturated rings. The van der Waals surface area contributed by atoms with Gasteiger partial charge in [0.05, 0.1) is 17.5 Å². The molecule has 1 aliphatic rings. The second-order valence-electron chi connectivity index (χ2n) is 5.43. The Bertz CT molecular complexity index is 453. The van der Waals surface area contributed by atoms with Gasteiger partial charge in [-0.05, 0) is 50.9 Å². The van der Waals surface area contributed by atoms with E-state index in [1.807, 2.05) is 13.0 Å². The lowest BCUT2D eigenvalue weighted by atomic mass is 10.2. The maximum atomic E-state index is 12.2. The zero-order valence-corrected chi connectivity index (χ0v) is 13.1. The van der Waals surface area contributed by atoms with Crippen molar-refractivity contribution in [3.8, 4) is 0 Å². The van der Waals surface area contributed by atoms with Crippen molar-refractivity contribution in [2.75, 3.05) is 26.2 Å². The molecule has 1 saturated heterocycles. The highest BCUT2D eigenvalue weighted by Crippen LogP contribution is 2.22. The third kappa shape index (κ3) is 3.81. The first-order chi connectivity index (χ1) is 9.63. The van der Waals surface area contributed by atoms with Crippen molar-refractivity contribution in [3.05, 3.63) is 21.4 Å². The summed E-state index contributed by atoms with van der Waals surface area (Å²) in [5, 5.41) is 12.4. The monoisotopic (exact) mass is 296 g/mol. The standard InChI is InChI=1S/C15H24N2O2S/c1-3-13-11(2)8-14(20-13)15(19)16-12(10-18)9-17-6-4-5-7-17/h8,12,18H,3-7,9-10H2,1-2H3,(H,16,19). The number of aliphatic hydroxyl groups is 1. The fraction of sp³-hybridized carbons (Fsp3) is 0.667. The quantitative estimate of drug-likeness (QED) is 0.842. The SMILES string of the molecule is CCc1sc(C(=O)NC(CO)CN2CCCC2)cc1C. The van der Waals surface area contributed by atoms with Gasteiger partial charge in [0.25, 0.3) is 5.91 Å². The van der Waals surface area contributed by atoms with E-state index in [0.29, 0.717) is 0 Å². The normalized spacial score (nSPS) is 17.4. The second-order valence-corrected chi connectivity index (χ2v) is 6.57. The van der Waals surface area contributed by atoms with E-state index in [4.69, 9.17) is 0 Å². The van der Waals surface area contributed by atoms with Gasteiger partial charge in [0, 0.05) is 11.4 Å². The molecule has 0 aliphatic carbocycles. The third-order valence-electron chi connectivity index (χ3n) is 3.80. The number of aryl methyl sites for hydroxylation is 2. The van der Waals surface area contributed by atoms with Crippen LogP contribution in [-0.2, 0) is 6.42 Å². The molecule has 4 nitrogen and oxygen atoms in total. The highest BCUT2D eigenvalue weighted by atomic mass is 32.1. The molecule has 2 heterocycles. The fourth-order valence-corrected chi connectivity index (χ4v) is 3.68. The number of aliphatic hydroxyl groups excluding tert-OH is 1. The van der Waals surface area contributed by atoms with Crippen molar-refractivity contribution in [1.82, 2.24) is 10.2 Å². The molecule has 2 rings (SSSR count). The van der Waals surface area contributed by atoms with E-state index in [1.54, 1.807) is 11.3 Å². The van der Waals surface area contributed by atoms with Crippen molar-refractivity contribution >= 4 is 17.2 Å². The molecule has 0 bridgehead atoms. The van der Waals surface area contributed by atoms with Gasteiger partial charge in [0.15, 0.2) is 0 Å². The molecule has 1 aliphatic heterocycles. The summed E-state index contributed by atoms with van der Waals surface area (Å²) >= 11 is 1.56. The maximum absolute atomic E-state index is 12.2. The van der Waals surface area contributed by atoms with Crippen LogP contribution in [0.25, 0.3) is 0 Å². The minimum absolute atomic E-state index is 0.00671. The first kappa shape index (κ1) is 15.5. The van der Waals surface area contributed by atoms with Gasteiger partial charge < -0.3 is 15.3 Å². The zero-order chi connectivity index (χ0) is 14.5. The first-order valence-electron chi connectivity index (χ1n) is 7.37. The molecule has 0 radical (unpaired) electrons. The summed E-state index contributed by atoms with van der Waals surface area (Å²) in [6.45, 7) is 7.03. The predicted molar refractivity (Wildman–Crippen MR) is 82.4 cm³/mol. The van der Waals surface area contributed by atoms with Crippen LogP contribution < -0.4 is 5.32 Å².